The second kappa shape index (κ2) is 9.15. The predicted molar refractivity (Wildman–Crippen MR) is 116 cm³/mol. The van der Waals surface area contributed by atoms with Gasteiger partial charge in [0, 0.05) is 10.2 Å². The quantitative estimate of drug-likeness (QED) is 0.544. The van der Waals surface area contributed by atoms with Crippen molar-refractivity contribution in [1.82, 2.24) is 5.32 Å². The van der Waals surface area contributed by atoms with Gasteiger partial charge < -0.3 is 10.6 Å². The number of halogens is 1. The molecule has 3 rings (SSSR count). The molecule has 0 saturated heterocycles. The van der Waals surface area contributed by atoms with Crippen LogP contribution in [0.15, 0.2) is 89.0 Å². The Morgan fingerprint density at radius 2 is 1.50 bits per heavy atom. The Hall–Kier alpha value is -3.18. The van der Waals surface area contributed by atoms with Gasteiger partial charge in [-0.2, -0.15) is 0 Å². The second-order valence-electron chi connectivity index (χ2n) is 6.22. The van der Waals surface area contributed by atoms with Gasteiger partial charge in [-0.05, 0) is 58.8 Å². The first-order chi connectivity index (χ1) is 13.5. The maximum atomic E-state index is 12.8. The van der Waals surface area contributed by atoms with Crippen molar-refractivity contribution in [3.8, 4) is 0 Å². The van der Waals surface area contributed by atoms with Crippen LogP contribution in [0.1, 0.15) is 21.5 Å². The molecule has 140 valence electrons. The first-order valence-corrected chi connectivity index (χ1v) is 9.53. The number of carbonyl (C=O) groups excluding carboxylic acids is 2. The van der Waals surface area contributed by atoms with E-state index in [4.69, 9.17) is 0 Å². The first kappa shape index (κ1) is 19.6. The van der Waals surface area contributed by atoms with Crippen molar-refractivity contribution in [3.63, 3.8) is 0 Å². The highest BCUT2D eigenvalue weighted by Gasteiger charge is 2.16. The first-order valence-electron chi connectivity index (χ1n) is 8.73. The fourth-order valence-corrected chi connectivity index (χ4v) is 3.01. The Kier molecular flexibility index (Phi) is 6.40. The fraction of sp³-hybridized carbons (Fsp3) is 0.0435. The molecule has 0 heterocycles. The molecule has 0 aromatic heterocycles. The largest absolute Gasteiger partial charge is 0.321 e. The zero-order valence-corrected chi connectivity index (χ0v) is 16.9. The number of hydrogen-bond donors (Lipinski definition) is 2. The topological polar surface area (TPSA) is 58.2 Å². The summed E-state index contributed by atoms with van der Waals surface area (Å²) in [6, 6.07) is 23.9. The second-order valence-corrected chi connectivity index (χ2v) is 7.08. The van der Waals surface area contributed by atoms with E-state index in [9.17, 15) is 9.59 Å². The van der Waals surface area contributed by atoms with Gasteiger partial charge in [-0.25, -0.2) is 0 Å². The van der Waals surface area contributed by atoms with Crippen molar-refractivity contribution < 1.29 is 9.59 Å². The van der Waals surface area contributed by atoms with E-state index in [1.165, 1.54) is 0 Å². The maximum Gasteiger partial charge on any atom is 0.272 e. The highest BCUT2D eigenvalue weighted by molar-refractivity contribution is 9.10. The van der Waals surface area contributed by atoms with E-state index in [-0.39, 0.29) is 11.6 Å². The lowest BCUT2D eigenvalue weighted by Crippen LogP contribution is -2.31. The van der Waals surface area contributed by atoms with Gasteiger partial charge >= 0.3 is 0 Å². The molecule has 0 radical (unpaired) electrons. The Morgan fingerprint density at radius 3 is 2.18 bits per heavy atom. The van der Waals surface area contributed by atoms with Crippen LogP contribution in [0, 0.1) is 6.92 Å². The SMILES string of the molecule is Cc1ccc(NC(=O)C(=Cc2ccccc2)NC(=O)c2ccccc2Br)cc1. The number of nitrogens with one attached hydrogen (secondary N) is 2. The molecule has 0 saturated carbocycles. The van der Waals surface area contributed by atoms with Gasteiger partial charge in [0.2, 0.25) is 0 Å². The van der Waals surface area contributed by atoms with Crippen molar-refractivity contribution in [2.45, 2.75) is 6.92 Å². The minimum atomic E-state index is -0.395. The highest BCUT2D eigenvalue weighted by Crippen LogP contribution is 2.17. The third-order valence-corrected chi connectivity index (χ3v) is 4.72. The van der Waals surface area contributed by atoms with Crippen LogP contribution < -0.4 is 10.6 Å². The number of anilines is 1. The molecular formula is C23H19BrN2O2. The van der Waals surface area contributed by atoms with E-state index in [0.717, 1.165) is 11.1 Å². The van der Waals surface area contributed by atoms with Crippen molar-refractivity contribution in [3.05, 3.63) is 106 Å². The van der Waals surface area contributed by atoms with Gasteiger partial charge in [-0.15, -0.1) is 0 Å². The van der Waals surface area contributed by atoms with Gasteiger partial charge in [0.15, 0.2) is 0 Å². The zero-order valence-electron chi connectivity index (χ0n) is 15.3. The summed E-state index contributed by atoms with van der Waals surface area (Å²) in [7, 11) is 0. The van der Waals surface area contributed by atoms with E-state index in [0.29, 0.717) is 15.7 Å². The fourth-order valence-electron chi connectivity index (χ4n) is 2.54. The van der Waals surface area contributed by atoms with E-state index in [1.807, 2.05) is 67.6 Å². The Labute approximate surface area is 172 Å². The summed E-state index contributed by atoms with van der Waals surface area (Å²) in [6.45, 7) is 1.98. The van der Waals surface area contributed by atoms with E-state index < -0.39 is 5.91 Å². The summed E-state index contributed by atoms with van der Waals surface area (Å²) in [5.74, 6) is -0.762. The van der Waals surface area contributed by atoms with Crippen LogP contribution in [0.25, 0.3) is 6.08 Å². The molecule has 0 aliphatic rings. The molecular weight excluding hydrogens is 416 g/mol. The lowest BCUT2D eigenvalue weighted by Gasteiger charge is -2.12. The average Bonchev–Trinajstić information content (AvgIpc) is 2.70. The minimum Gasteiger partial charge on any atom is -0.321 e. The highest BCUT2D eigenvalue weighted by atomic mass is 79.9. The zero-order chi connectivity index (χ0) is 19.9. The van der Waals surface area contributed by atoms with Gasteiger partial charge in [-0.3, -0.25) is 9.59 Å². The predicted octanol–water partition coefficient (Wildman–Crippen LogP) is 5.17. The van der Waals surface area contributed by atoms with Crippen LogP contribution in [0.5, 0.6) is 0 Å². The summed E-state index contributed by atoms with van der Waals surface area (Å²) in [6.07, 6.45) is 1.65. The van der Waals surface area contributed by atoms with Crippen LogP contribution in [0.3, 0.4) is 0 Å². The molecule has 0 aliphatic carbocycles. The van der Waals surface area contributed by atoms with Crippen LogP contribution in [-0.2, 0) is 4.79 Å². The summed E-state index contributed by atoms with van der Waals surface area (Å²) >= 11 is 3.37. The van der Waals surface area contributed by atoms with Gasteiger partial charge in [0.1, 0.15) is 5.70 Å². The smallest absolute Gasteiger partial charge is 0.272 e. The summed E-state index contributed by atoms with van der Waals surface area (Å²) in [4.78, 5) is 25.6. The monoisotopic (exact) mass is 434 g/mol. The molecule has 0 aliphatic heterocycles. The average molecular weight is 435 g/mol. The van der Waals surface area contributed by atoms with Gasteiger partial charge in [0.25, 0.3) is 11.8 Å². The number of benzene rings is 3. The van der Waals surface area contributed by atoms with Crippen LogP contribution >= 0.6 is 15.9 Å². The van der Waals surface area contributed by atoms with Gasteiger partial charge in [-0.1, -0.05) is 60.2 Å². The van der Waals surface area contributed by atoms with Crippen molar-refractivity contribution in [2.75, 3.05) is 5.32 Å². The van der Waals surface area contributed by atoms with E-state index in [2.05, 4.69) is 26.6 Å². The molecule has 2 N–H and O–H groups in total. The number of rotatable bonds is 5. The van der Waals surface area contributed by atoms with Crippen molar-refractivity contribution in [2.24, 2.45) is 0 Å². The Bertz CT molecular complexity index is 1010. The Balaban J connectivity index is 1.87. The molecule has 4 nitrogen and oxygen atoms in total. The molecule has 2 amide bonds. The third kappa shape index (κ3) is 5.18. The Morgan fingerprint density at radius 1 is 0.857 bits per heavy atom. The minimum absolute atomic E-state index is 0.160. The van der Waals surface area contributed by atoms with Gasteiger partial charge in [0.05, 0.1) is 5.56 Å². The molecule has 0 atom stereocenters. The number of amides is 2. The summed E-state index contributed by atoms with van der Waals surface area (Å²) < 4.78 is 0.658. The number of carbonyl (C=O) groups is 2. The van der Waals surface area contributed by atoms with E-state index in [1.54, 1.807) is 24.3 Å². The number of hydrogen-bond acceptors (Lipinski definition) is 2. The molecule has 5 heteroatoms. The maximum absolute atomic E-state index is 12.8. The molecule has 28 heavy (non-hydrogen) atoms. The van der Waals surface area contributed by atoms with Crippen molar-refractivity contribution in [1.29, 1.82) is 0 Å². The molecule has 3 aromatic carbocycles. The lowest BCUT2D eigenvalue weighted by molar-refractivity contribution is -0.113. The molecule has 0 unspecified atom stereocenters. The third-order valence-electron chi connectivity index (χ3n) is 4.03. The normalized spacial score (nSPS) is 11.0. The van der Waals surface area contributed by atoms with E-state index >= 15 is 0 Å². The lowest BCUT2D eigenvalue weighted by atomic mass is 10.1. The standard InChI is InChI=1S/C23H19BrN2O2/c1-16-11-13-18(14-12-16)25-23(28)21(15-17-7-3-2-4-8-17)26-22(27)19-9-5-6-10-20(19)24/h2-15H,1H3,(H,25,28)(H,26,27). The molecule has 3 aromatic rings. The van der Waals surface area contributed by atoms with Crippen LogP contribution in [0.4, 0.5) is 5.69 Å². The molecule has 0 bridgehead atoms. The summed E-state index contributed by atoms with van der Waals surface area (Å²) in [5.41, 5.74) is 3.17. The number of aryl methyl sites for hydroxylation is 1. The molecule has 0 fully saturated rings. The van der Waals surface area contributed by atoms with Crippen LogP contribution in [-0.4, -0.2) is 11.8 Å². The summed E-state index contributed by atoms with van der Waals surface area (Å²) in [5, 5.41) is 5.56. The van der Waals surface area contributed by atoms with Crippen molar-refractivity contribution >= 4 is 39.5 Å². The van der Waals surface area contributed by atoms with Crippen LogP contribution in [0.2, 0.25) is 0 Å². The molecule has 0 spiro atoms.